The van der Waals surface area contributed by atoms with Crippen molar-refractivity contribution in [3.05, 3.63) is 465 Å². The minimum absolute atomic E-state index is 0.122. The fourth-order valence-corrected chi connectivity index (χ4v) is 30.4. The van der Waals surface area contributed by atoms with E-state index in [1.54, 1.807) is 0 Å². The van der Waals surface area contributed by atoms with Crippen LogP contribution in [0.4, 0.5) is 34.1 Å². The van der Waals surface area contributed by atoms with Gasteiger partial charge in [-0.2, -0.15) is 0 Å². The van der Waals surface area contributed by atoms with Crippen LogP contribution in [-0.2, 0) is 21.7 Å². The van der Waals surface area contributed by atoms with Crippen molar-refractivity contribution in [2.75, 3.05) is 9.80 Å². The molecule has 0 spiro atoms. The highest BCUT2D eigenvalue weighted by Crippen LogP contribution is 2.52. The lowest BCUT2D eigenvalue weighted by molar-refractivity contribution is 0.568. The highest BCUT2D eigenvalue weighted by Gasteiger charge is 2.49. The van der Waals surface area contributed by atoms with Gasteiger partial charge < -0.3 is 9.80 Å². The summed E-state index contributed by atoms with van der Waals surface area (Å²) in [5, 5.41) is 10.4. The summed E-state index contributed by atoms with van der Waals surface area (Å²) in [6, 6.07) is 172. The van der Waals surface area contributed by atoms with E-state index in [-0.39, 0.29) is 28.4 Å². The van der Waals surface area contributed by atoms with Gasteiger partial charge in [-0.05, 0) is 205 Å². The molecule has 0 aliphatic carbocycles. The van der Waals surface area contributed by atoms with Crippen molar-refractivity contribution in [3.63, 3.8) is 0 Å². The molecule has 0 unspecified atom stereocenters. The predicted octanol–water partition coefficient (Wildman–Crippen LogP) is 25.4. The van der Waals surface area contributed by atoms with Crippen molar-refractivity contribution in [1.82, 2.24) is 0 Å². The Morgan fingerprint density at radius 3 is 0.837 bits per heavy atom. The van der Waals surface area contributed by atoms with Crippen molar-refractivity contribution in [1.29, 1.82) is 0 Å². The minimum atomic E-state index is -3.53. The second-order valence-electron chi connectivity index (χ2n) is 39.6. The van der Waals surface area contributed by atoms with E-state index in [2.05, 4.69) is 536 Å². The average Bonchev–Trinajstić information content (AvgIpc) is 0.689. The molecule has 2 heterocycles. The van der Waals surface area contributed by atoms with Gasteiger partial charge >= 0.3 is 0 Å². The van der Waals surface area contributed by atoms with Crippen LogP contribution in [0.15, 0.2) is 443 Å². The molecule has 0 saturated heterocycles. The first-order valence-corrected chi connectivity index (χ1v) is 49.9. The maximum absolute atomic E-state index is 3.53. The number of hydrogen-bond acceptors (Lipinski definition) is 2. The molecule has 626 valence electrons. The second kappa shape index (κ2) is 33.4. The monoisotopic (exact) mass is 1690 g/mol. The van der Waals surface area contributed by atoms with Crippen LogP contribution in [-0.4, -0.2) is 22.9 Å². The van der Waals surface area contributed by atoms with E-state index in [0.717, 1.165) is 73.1 Å². The van der Waals surface area contributed by atoms with Crippen LogP contribution in [0.5, 0.6) is 0 Å². The SMILES string of the molecule is CC(C)(C)c1cc(-c2ccc3c(c2)N(c2ccccc2-c2ccccc2)c2cc(-c4cc(C(C)(C)C)cc(C(C)(C)C)c4)cc4c2B3c2cc(-c3cc([Si](c5ccccc5)(c5ccccc5)c5cccc(-c6ccccc6)c5)cc([Si](c5ccccc5)(c5ccccc5)c5cccc(-c6ccccc6)c5)c3)ccc2N4c2ccccc2-c2ccccc2)cc(C(C)(C)C)c1. The van der Waals surface area contributed by atoms with Gasteiger partial charge in [0, 0.05) is 33.9 Å². The van der Waals surface area contributed by atoms with E-state index in [0.29, 0.717) is 0 Å². The summed E-state index contributed by atoms with van der Waals surface area (Å²) in [5.41, 5.74) is 31.5. The van der Waals surface area contributed by atoms with Crippen molar-refractivity contribution in [3.8, 4) is 77.9 Å². The number of nitrogens with zero attached hydrogens (tertiary/aromatic N) is 2. The van der Waals surface area contributed by atoms with Crippen LogP contribution < -0.4 is 67.7 Å². The summed E-state index contributed by atoms with van der Waals surface area (Å²) in [6.45, 7) is 28.1. The van der Waals surface area contributed by atoms with E-state index in [1.165, 1.54) is 119 Å². The van der Waals surface area contributed by atoms with Gasteiger partial charge in [0.2, 0.25) is 0 Å². The lowest BCUT2D eigenvalue weighted by atomic mass is 9.33. The molecule has 0 amide bonds. The number of fused-ring (bicyclic) bond motifs is 4. The van der Waals surface area contributed by atoms with Crippen molar-refractivity contribution >= 4 is 115 Å². The highest BCUT2D eigenvalue weighted by atomic mass is 28.3. The number of rotatable bonds is 17. The largest absolute Gasteiger partial charge is 0.311 e. The summed E-state index contributed by atoms with van der Waals surface area (Å²) in [6.07, 6.45) is 0. The van der Waals surface area contributed by atoms with E-state index in [1.807, 2.05) is 0 Å². The molecule has 5 heteroatoms. The molecule has 18 aromatic carbocycles. The second-order valence-corrected chi connectivity index (χ2v) is 47.2. The van der Waals surface area contributed by atoms with Crippen molar-refractivity contribution in [2.24, 2.45) is 0 Å². The van der Waals surface area contributed by atoms with E-state index in [4.69, 9.17) is 0 Å². The van der Waals surface area contributed by atoms with Crippen molar-refractivity contribution < 1.29 is 0 Å². The minimum Gasteiger partial charge on any atom is -0.311 e. The molecule has 2 aliphatic rings. The molecule has 0 saturated carbocycles. The van der Waals surface area contributed by atoms with Gasteiger partial charge in [-0.15, -0.1) is 0 Å². The maximum Gasteiger partial charge on any atom is 0.252 e. The topological polar surface area (TPSA) is 6.48 Å². The molecule has 20 rings (SSSR count). The molecule has 18 aromatic rings. The standard InChI is InChI=1S/C124H109BN2Si2/c1-121(2,3)98-71-94(72-99(83-98)122(4,5)6)93-67-69-112-117(80-93)127(115-66-40-38-64-111(115)89-49-27-16-28-50-89)119-82-97(95-73-100(123(7,8)9)84-101(74-95)124(10,11)12)81-118-120(119)125(112)113-79-92(68-70-116(113)126(118)114-65-39-37-63-110(114)88-47-25-15-26-48-88)96-77-108(128(102-53-29-17-30-54-102,103-55-31-18-32-56-103)106-61-41-51-90(75-106)86-43-21-13-22-44-86)85-109(78-96)129(104-57-33-19-34-58-104,105-59-35-20-36-60-105)107-62-42-52-91(76-107)87-45-23-14-24-46-87/h13-85H,1-12H3. The van der Waals surface area contributed by atoms with Crippen LogP contribution >= 0.6 is 0 Å². The van der Waals surface area contributed by atoms with Gasteiger partial charge in [0.1, 0.15) is 0 Å². The van der Waals surface area contributed by atoms with Gasteiger partial charge in [-0.1, -0.05) is 490 Å². The van der Waals surface area contributed by atoms with Crippen LogP contribution in [0.25, 0.3) is 77.9 Å². The average molecular weight is 1690 g/mol. The van der Waals surface area contributed by atoms with Gasteiger partial charge in [0.25, 0.3) is 6.71 Å². The number of para-hydroxylation sites is 2. The molecular weight excluding hydrogens is 1580 g/mol. The first kappa shape index (κ1) is 83.3. The lowest BCUT2D eigenvalue weighted by Crippen LogP contribution is -2.78. The Bertz CT molecular complexity index is 6860. The fraction of sp³-hybridized carbons (Fsp3) is 0.129. The Labute approximate surface area is 766 Å². The fourth-order valence-electron chi connectivity index (χ4n) is 20.5. The zero-order valence-electron chi connectivity index (χ0n) is 76.1. The van der Waals surface area contributed by atoms with Crippen LogP contribution in [0.3, 0.4) is 0 Å². The Kier molecular flexibility index (Phi) is 21.5. The maximum atomic E-state index is 2.73. The summed E-state index contributed by atoms with van der Waals surface area (Å²) in [5.74, 6) is 0. The smallest absolute Gasteiger partial charge is 0.252 e. The zero-order chi connectivity index (χ0) is 88.6. The highest BCUT2D eigenvalue weighted by molar-refractivity contribution is 7.22. The van der Waals surface area contributed by atoms with E-state index >= 15 is 0 Å². The van der Waals surface area contributed by atoms with E-state index in [9.17, 15) is 0 Å². The Hall–Kier alpha value is -13.9. The van der Waals surface area contributed by atoms with Crippen LogP contribution in [0, 0.1) is 0 Å². The Balaban J connectivity index is 0.954. The number of benzene rings is 18. The number of hydrogen-bond donors (Lipinski definition) is 0. The molecule has 0 atom stereocenters. The van der Waals surface area contributed by atoms with Gasteiger partial charge in [-0.3, -0.25) is 0 Å². The first-order chi connectivity index (χ1) is 62.5. The zero-order valence-corrected chi connectivity index (χ0v) is 78.1. The summed E-state index contributed by atoms with van der Waals surface area (Å²) < 4.78 is 0. The third-order valence-corrected chi connectivity index (χ3v) is 36.8. The van der Waals surface area contributed by atoms with Gasteiger partial charge in [0.05, 0.1) is 11.4 Å². The number of anilines is 6. The molecule has 0 radical (unpaired) electrons. The molecule has 0 aromatic heterocycles. The predicted molar refractivity (Wildman–Crippen MR) is 561 cm³/mol. The first-order valence-electron chi connectivity index (χ1n) is 45.9. The molecular formula is C124H109BN2Si2. The Morgan fingerprint density at radius 1 is 0.171 bits per heavy atom. The van der Waals surface area contributed by atoms with Gasteiger partial charge in [0.15, 0.2) is 16.1 Å². The molecule has 129 heavy (non-hydrogen) atoms. The quantitative estimate of drug-likeness (QED) is 0.0662. The van der Waals surface area contributed by atoms with Crippen molar-refractivity contribution in [2.45, 2.75) is 105 Å². The normalized spacial score (nSPS) is 12.8. The molecule has 0 fully saturated rings. The molecule has 0 bridgehead atoms. The van der Waals surface area contributed by atoms with Gasteiger partial charge in [-0.25, -0.2) is 0 Å². The molecule has 2 aliphatic heterocycles. The lowest BCUT2D eigenvalue weighted by Gasteiger charge is -2.45. The third-order valence-electron chi connectivity index (χ3n) is 27.3. The third kappa shape index (κ3) is 15.3. The summed E-state index contributed by atoms with van der Waals surface area (Å²) in [4.78, 5) is 5.37. The molecule has 2 nitrogen and oxygen atoms in total. The van der Waals surface area contributed by atoms with Crippen LogP contribution in [0.2, 0.25) is 0 Å². The molecule has 0 N–H and O–H groups in total. The summed E-state index contributed by atoms with van der Waals surface area (Å²) >= 11 is 0. The van der Waals surface area contributed by atoms with E-state index < -0.39 is 16.1 Å². The summed E-state index contributed by atoms with van der Waals surface area (Å²) in [7, 11) is -7.05. The van der Waals surface area contributed by atoms with Crippen LogP contribution in [0.1, 0.15) is 105 Å². The Morgan fingerprint density at radius 2 is 0.450 bits per heavy atom.